The molecule has 4 N–H and O–H groups in total. The minimum absolute atomic E-state index is 0.0758. The number of imidazole rings is 1. The number of hydrogen-bond acceptors (Lipinski definition) is 5. The molecule has 0 bridgehead atoms. The average molecular weight is 615 g/mol. The van der Waals surface area contributed by atoms with Crippen LogP contribution in [0.15, 0.2) is 24.4 Å². The molecule has 1 atom stereocenters. The van der Waals surface area contributed by atoms with Crippen molar-refractivity contribution in [2.45, 2.75) is 71.2 Å². The lowest BCUT2D eigenvalue weighted by Gasteiger charge is -2.28. The molecule has 1 aliphatic carbocycles. The van der Waals surface area contributed by atoms with E-state index in [9.17, 15) is 31.5 Å². The first-order valence-electron chi connectivity index (χ1n) is 13.2. The number of alkyl halides is 3. The molecule has 4 rings (SSSR count). The number of pyridine rings is 1. The van der Waals surface area contributed by atoms with Crippen molar-refractivity contribution in [1.82, 2.24) is 20.0 Å². The maximum Gasteiger partial charge on any atom is 0.490 e. The lowest BCUT2D eigenvalue weighted by molar-refractivity contribution is -0.192. The highest BCUT2D eigenvalue weighted by Crippen LogP contribution is 2.42. The number of hydrogen-bond donors (Lipinski definition) is 4. The average Bonchev–Trinajstić information content (AvgIpc) is 3.68. The molecular formula is C28H31F5N4O6. The molecule has 234 valence electrons. The number of carbonyl (C=O) groups excluding carboxylic acids is 1. The van der Waals surface area contributed by atoms with E-state index in [1.165, 1.54) is 12.1 Å². The summed E-state index contributed by atoms with van der Waals surface area (Å²) < 4.78 is 68.6. The van der Waals surface area contributed by atoms with Gasteiger partial charge in [0.2, 0.25) is 0 Å². The number of fused-ring (bicyclic) bond motifs is 1. The molecule has 0 aliphatic heterocycles. The Kier molecular flexibility index (Phi) is 9.87. The monoisotopic (exact) mass is 614 g/mol. The summed E-state index contributed by atoms with van der Waals surface area (Å²) in [5.41, 5.74) is 1.32. The van der Waals surface area contributed by atoms with Gasteiger partial charge in [-0.15, -0.1) is 0 Å². The molecule has 0 saturated heterocycles. The first-order chi connectivity index (χ1) is 20.0. The van der Waals surface area contributed by atoms with E-state index in [0.29, 0.717) is 29.1 Å². The van der Waals surface area contributed by atoms with Crippen LogP contribution in [0.5, 0.6) is 5.75 Å². The zero-order chi connectivity index (χ0) is 32.3. The number of benzene rings is 1. The molecule has 1 unspecified atom stereocenters. The zero-order valence-electron chi connectivity index (χ0n) is 23.7. The van der Waals surface area contributed by atoms with Crippen LogP contribution in [-0.2, 0) is 11.4 Å². The molecule has 1 fully saturated rings. The molecule has 3 aromatic rings. The van der Waals surface area contributed by atoms with Gasteiger partial charge in [0.1, 0.15) is 23.9 Å². The highest BCUT2D eigenvalue weighted by Gasteiger charge is 2.38. The van der Waals surface area contributed by atoms with Crippen molar-refractivity contribution in [3.8, 4) is 5.75 Å². The van der Waals surface area contributed by atoms with Crippen LogP contribution in [-0.4, -0.2) is 55.8 Å². The van der Waals surface area contributed by atoms with Crippen LogP contribution in [0.4, 0.5) is 26.7 Å². The molecule has 1 saturated carbocycles. The van der Waals surface area contributed by atoms with E-state index in [2.05, 4.69) is 15.6 Å². The second-order valence-corrected chi connectivity index (χ2v) is 10.4. The van der Waals surface area contributed by atoms with Gasteiger partial charge in [0.05, 0.1) is 16.8 Å². The Morgan fingerprint density at radius 2 is 1.77 bits per heavy atom. The Balaban J connectivity index is 0.000000646. The van der Waals surface area contributed by atoms with Crippen LogP contribution in [0.25, 0.3) is 5.65 Å². The molecule has 0 spiro atoms. The molecule has 15 heteroatoms. The van der Waals surface area contributed by atoms with Crippen LogP contribution in [0.2, 0.25) is 0 Å². The van der Waals surface area contributed by atoms with E-state index >= 15 is 0 Å². The number of ether oxygens (including phenoxy) is 1. The fourth-order valence-electron chi connectivity index (χ4n) is 4.22. The van der Waals surface area contributed by atoms with Crippen LogP contribution >= 0.6 is 0 Å². The number of rotatable bonds is 9. The Morgan fingerprint density at radius 3 is 2.30 bits per heavy atom. The molecule has 2 amide bonds. The number of carboxylic acids is 1. The summed E-state index contributed by atoms with van der Waals surface area (Å²) in [4.78, 5) is 37.6. The van der Waals surface area contributed by atoms with E-state index in [4.69, 9.17) is 19.7 Å². The van der Waals surface area contributed by atoms with Crippen LogP contribution in [0.3, 0.4) is 0 Å². The highest BCUT2D eigenvalue weighted by molar-refractivity contribution is 5.95. The summed E-state index contributed by atoms with van der Waals surface area (Å²) in [5, 5.41) is 21.4. The van der Waals surface area contributed by atoms with Crippen molar-refractivity contribution in [2.24, 2.45) is 0 Å². The topological polar surface area (TPSA) is 142 Å². The van der Waals surface area contributed by atoms with E-state index < -0.39 is 41.3 Å². The number of amides is 2. The zero-order valence-corrected chi connectivity index (χ0v) is 23.7. The van der Waals surface area contributed by atoms with E-state index in [1.54, 1.807) is 30.5 Å². The number of carboxylic acid groups (broad SMARTS) is 2. The number of aryl methyl sites for hydroxylation is 2. The van der Waals surface area contributed by atoms with Gasteiger partial charge in [0.25, 0.3) is 5.91 Å². The molecular weight excluding hydrogens is 583 g/mol. The van der Waals surface area contributed by atoms with Gasteiger partial charge < -0.3 is 25.6 Å². The van der Waals surface area contributed by atoms with Crippen molar-refractivity contribution in [1.29, 1.82) is 0 Å². The van der Waals surface area contributed by atoms with E-state index in [0.717, 1.165) is 18.4 Å². The predicted molar refractivity (Wildman–Crippen MR) is 143 cm³/mol. The summed E-state index contributed by atoms with van der Waals surface area (Å²) in [6.45, 7) is 6.76. The second-order valence-electron chi connectivity index (χ2n) is 10.4. The Bertz CT molecular complexity index is 1540. The normalized spacial score (nSPS) is 14.3. The fraction of sp³-hybridized carbons (Fsp3) is 0.429. The lowest BCUT2D eigenvalue weighted by atomic mass is 9.99. The number of aromatic nitrogens is 2. The van der Waals surface area contributed by atoms with Gasteiger partial charge in [-0.3, -0.25) is 9.20 Å². The molecule has 2 heterocycles. The molecule has 10 nitrogen and oxygen atoms in total. The van der Waals surface area contributed by atoms with Gasteiger partial charge in [-0.25, -0.2) is 23.4 Å². The third kappa shape index (κ3) is 8.11. The molecule has 0 radical (unpaired) electrons. The third-order valence-corrected chi connectivity index (χ3v) is 6.89. The fourth-order valence-corrected chi connectivity index (χ4v) is 4.22. The SMILES string of the molecule is CCC(C)(CNC(=O)c1c(C)nc2c(OCc3c(F)ccc(C4CC4)c3F)cc(C)cn12)NC(=O)O.O=C(O)C(F)(F)F. The van der Waals surface area contributed by atoms with Gasteiger partial charge in [0.15, 0.2) is 11.4 Å². The minimum atomic E-state index is -5.08. The van der Waals surface area contributed by atoms with Gasteiger partial charge in [-0.1, -0.05) is 13.0 Å². The predicted octanol–water partition coefficient (Wildman–Crippen LogP) is 5.49. The van der Waals surface area contributed by atoms with Gasteiger partial charge in [-0.2, -0.15) is 13.2 Å². The standard InChI is InChI=1S/C26H30F2N4O4.C2HF3O2/c1-5-26(4,31-25(34)35)13-29-24(33)22-15(3)30-23-20(10-14(2)11-32(22)23)36-12-18-19(27)9-8-17(21(18)28)16-6-7-16;3-2(4,5)1(6)7/h8-11,16,31H,5-7,12-13H2,1-4H3,(H,29,33)(H,34,35);(H,6,7). The quantitative estimate of drug-likeness (QED) is 0.234. The number of aliphatic carboxylic acids is 1. The van der Waals surface area contributed by atoms with Gasteiger partial charge in [0, 0.05) is 12.7 Å². The second kappa shape index (κ2) is 12.8. The number of nitrogens with zero attached hydrogens (tertiary/aromatic N) is 2. The summed E-state index contributed by atoms with van der Waals surface area (Å²) in [6, 6.07) is 4.47. The molecule has 1 aliphatic rings. The largest absolute Gasteiger partial charge is 0.490 e. The van der Waals surface area contributed by atoms with E-state index in [-0.39, 0.29) is 30.3 Å². The Labute approximate surface area is 242 Å². The smallest absolute Gasteiger partial charge is 0.485 e. The van der Waals surface area contributed by atoms with Gasteiger partial charge >= 0.3 is 18.2 Å². The summed E-state index contributed by atoms with van der Waals surface area (Å²) in [6.07, 6.45) is -2.28. The minimum Gasteiger partial charge on any atom is -0.485 e. The third-order valence-electron chi connectivity index (χ3n) is 6.89. The lowest BCUT2D eigenvalue weighted by Crippen LogP contribution is -2.52. The van der Waals surface area contributed by atoms with Crippen molar-refractivity contribution in [3.63, 3.8) is 0 Å². The molecule has 2 aromatic heterocycles. The summed E-state index contributed by atoms with van der Waals surface area (Å²) in [5.74, 6) is -4.01. The van der Waals surface area contributed by atoms with Crippen molar-refractivity contribution in [3.05, 3.63) is 64.1 Å². The first kappa shape index (κ1) is 33.1. The molecule has 1 aromatic carbocycles. The Morgan fingerprint density at radius 1 is 1.14 bits per heavy atom. The maximum absolute atomic E-state index is 14.9. The summed E-state index contributed by atoms with van der Waals surface area (Å²) in [7, 11) is 0. The summed E-state index contributed by atoms with van der Waals surface area (Å²) >= 11 is 0. The van der Waals surface area contributed by atoms with Crippen LogP contribution in [0.1, 0.15) is 71.9 Å². The molecule has 43 heavy (non-hydrogen) atoms. The van der Waals surface area contributed by atoms with Crippen molar-refractivity contribution in [2.75, 3.05) is 6.54 Å². The first-order valence-corrected chi connectivity index (χ1v) is 13.2. The number of halogens is 5. The number of carbonyl (C=O) groups is 3. The highest BCUT2D eigenvalue weighted by atomic mass is 19.4. The van der Waals surface area contributed by atoms with E-state index in [1.807, 2.05) is 13.8 Å². The van der Waals surface area contributed by atoms with Crippen LogP contribution < -0.4 is 15.4 Å². The number of nitrogens with one attached hydrogen (secondary N) is 2. The van der Waals surface area contributed by atoms with Crippen molar-refractivity contribution < 1.29 is 51.3 Å². The Hall–Kier alpha value is -4.43. The van der Waals surface area contributed by atoms with Crippen LogP contribution in [0, 0.1) is 25.5 Å². The maximum atomic E-state index is 14.9. The van der Waals surface area contributed by atoms with Crippen molar-refractivity contribution >= 4 is 23.6 Å². The van der Waals surface area contributed by atoms with Gasteiger partial charge in [-0.05, 0) is 69.2 Å².